The molecule has 1 fully saturated rings. The van der Waals surface area contributed by atoms with Crippen molar-refractivity contribution >= 4 is 22.8 Å². The monoisotopic (exact) mass is 492 g/mol. The van der Waals surface area contributed by atoms with E-state index in [2.05, 4.69) is 9.88 Å². The summed E-state index contributed by atoms with van der Waals surface area (Å²) in [6.07, 6.45) is 5.89. The summed E-state index contributed by atoms with van der Waals surface area (Å²) in [6, 6.07) is 13.5. The third-order valence-electron chi connectivity index (χ3n) is 6.73. The summed E-state index contributed by atoms with van der Waals surface area (Å²) in [5.41, 5.74) is 2.78. The Kier molecular flexibility index (Phi) is 8.81. The Morgan fingerprint density at radius 2 is 1.72 bits per heavy atom. The van der Waals surface area contributed by atoms with E-state index in [-0.39, 0.29) is 18.2 Å². The number of carbonyl (C=O) groups is 2. The average molecular weight is 493 g/mol. The van der Waals surface area contributed by atoms with Crippen molar-refractivity contribution in [3.8, 4) is 11.5 Å². The highest BCUT2D eigenvalue weighted by atomic mass is 16.5. The third kappa shape index (κ3) is 6.36. The molecule has 0 saturated carbocycles. The number of likely N-dealkylation sites (tertiary alicyclic amines) is 1. The molecule has 0 aliphatic carbocycles. The van der Waals surface area contributed by atoms with Gasteiger partial charge in [-0.2, -0.15) is 0 Å². The van der Waals surface area contributed by atoms with Crippen LogP contribution in [0, 0.1) is 0 Å². The lowest BCUT2D eigenvalue weighted by molar-refractivity contribution is -0.131. The van der Waals surface area contributed by atoms with Crippen molar-refractivity contribution in [1.82, 2.24) is 19.8 Å². The quantitative estimate of drug-likeness (QED) is 0.466. The molecule has 2 aromatic carbocycles. The molecule has 1 aliphatic rings. The second-order valence-electron chi connectivity index (χ2n) is 9.18. The van der Waals surface area contributed by atoms with Gasteiger partial charge in [-0.3, -0.25) is 9.59 Å². The van der Waals surface area contributed by atoms with Crippen LogP contribution < -0.4 is 14.8 Å². The van der Waals surface area contributed by atoms with E-state index < -0.39 is 0 Å². The zero-order valence-corrected chi connectivity index (χ0v) is 21.3. The number of hydrogen-bond donors (Lipinski definition) is 1. The predicted molar refractivity (Wildman–Crippen MR) is 139 cm³/mol. The number of carbonyl (C=O) groups excluding carboxylic acids is 2. The minimum atomic E-state index is -0.0683. The van der Waals surface area contributed by atoms with Gasteiger partial charge in [-0.25, -0.2) is 4.98 Å². The van der Waals surface area contributed by atoms with Gasteiger partial charge in [-0.15, -0.1) is 0 Å². The first-order valence-corrected chi connectivity index (χ1v) is 12.8. The summed E-state index contributed by atoms with van der Waals surface area (Å²) in [4.78, 5) is 32.3. The Balaban J connectivity index is 1.36. The van der Waals surface area contributed by atoms with Gasteiger partial charge in [0.2, 0.25) is 11.8 Å². The number of ether oxygens (including phenoxy) is 2. The highest BCUT2D eigenvalue weighted by Crippen LogP contribution is 2.27. The third-order valence-corrected chi connectivity index (χ3v) is 6.73. The molecule has 4 rings (SSSR count). The summed E-state index contributed by atoms with van der Waals surface area (Å²) >= 11 is 0. The Hall–Kier alpha value is -3.55. The molecule has 8 nitrogen and oxygen atoms in total. The van der Waals surface area contributed by atoms with Gasteiger partial charge in [-0.05, 0) is 42.7 Å². The predicted octanol–water partition coefficient (Wildman–Crippen LogP) is 3.75. The summed E-state index contributed by atoms with van der Waals surface area (Å²) in [7, 11) is 3.16. The molecule has 1 aromatic heterocycles. The van der Waals surface area contributed by atoms with Crippen LogP contribution in [0.3, 0.4) is 0 Å². The lowest BCUT2D eigenvalue weighted by Gasteiger charge is -2.20. The molecular formula is C28H36N4O4. The smallest absolute Gasteiger partial charge is 0.224 e. The largest absolute Gasteiger partial charge is 0.493 e. The molecule has 8 heteroatoms. The standard InChI is InChI=1S/C28H36N4O4/c1-35-24-12-11-21(19-25(24)36-2)20-27(33)29-15-13-26-30-22-9-5-6-10-23(22)32(26)18-14-28(34)31-16-7-3-4-8-17-31/h5-6,9-12,19H,3-4,7-8,13-18,20H2,1-2H3,(H,29,33). The normalized spacial score (nSPS) is 13.9. The minimum absolute atomic E-state index is 0.0683. The van der Waals surface area contributed by atoms with Crippen molar-refractivity contribution in [1.29, 1.82) is 0 Å². The number of imidazole rings is 1. The second-order valence-corrected chi connectivity index (χ2v) is 9.18. The number of hydrogen-bond acceptors (Lipinski definition) is 5. The molecule has 36 heavy (non-hydrogen) atoms. The van der Waals surface area contributed by atoms with Gasteiger partial charge in [-0.1, -0.05) is 31.0 Å². The van der Waals surface area contributed by atoms with Crippen molar-refractivity contribution in [2.24, 2.45) is 0 Å². The molecule has 1 N–H and O–H groups in total. The van der Waals surface area contributed by atoms with Crippen LogP contribution in [-0.2, 0) is 29.0 Å². The number of rotatable bonds is 10. The van der Waals surface area contributed by atoms with Crippen LogP contribution >= 0.6 is 0 Å². The number of para-hydroxylation sites is 2. The molecule has 3 aromatic rings. The number of aryl methyl sites for hydroxylation is 1. The van der Waals surface area contributed by atoms with Crippen molar-refractivity contribution in [2.45, 2.75) is 51.5 Å². The number of fused-ring (bicyclic) bond motifs is 1. The molecule has 0 unspecified atom stereocenters. The van der Waals surface area contributed by atoms with Gasteiger partial charge in [0.1, 0.15) is 5.82 Å². The van der Waals surface area contributed by atoms with Crippen LogP contribution in [0.25, 0.3) is 11.0 Å². The Labute approximate surface area is 212 Å². The van der Waals surface area contributed by atoms with E-state index in [0.717, 1.165) is 48.4 Å². The molecule has 2 amide bonds. The molecule has 0 bridgehead atoms. The molecule has 1 saturated heterocycles. The maximum Gasteiger partial charge on any atom is 0.224 e. The van der Waals surface area contributed by atoms with E-state index in [1.165, 1.54) is 12.8 Å². The first kappa shape index (κ1) is 25.5. The van der Waals surface area contributed by atoms with Gasteiger partial charge < -0.3 is 24.3 Å². The van der Waals surface area contributed by atoms with Crippen LogP contribution in [0.1, 0.15) is 43.5 Å². The van der Waals surface area contributed by atoms with Gasteiger partial charge in [0, 0.05) is 39.0 Å². The van der Waals surface area contributed by atoms with Gasteiger partial charge in [0.05, 0.1) is 31.7 Å². The van der Waals surface area contributed by atoms with E-state index >= 15 is 0 Å². The molecule has 0 atom stereocenters. The van der Waals surface area contributed by atoms with Crippen LogP contribution in [0.5, 0.6) is 11.5 Å². The second kappa shape index (κ2) is 12.4. The minimum Gasteiger partial charge on any atom is -0.493 e. The summed E-state index contributed by atoms with van der Waals surface area (Å²) in [6.45, 7) is 2.78. The lowest BCUT2D eigenvalue weighted by atomic mass is 10.1. The average Bonchev–Trinajstić information content (AvgIpc) is 3.04. The zero-order valence-electron chi connectivity index (χ0n) is 21.3. The number of aromatic nitrogens is 2. The maximum atomic E-state index is 12.9. The fourth-order valence-corrected chi connectivity index (χ4v) is 4.80. The highest BCUT2D eigenvalue weighted by molar-refractivity contribution is 5.79. The van der Waals surface area contributed by atoms with Crippen LogP contribution in [0.2, 0.25) is 0 Å². The maximum absolute atomic E-state index is 12.9. The summed E-state index contributed by atoms with van der Waals surface area (Å²) < 4.78 is 12.7. The molecule has 1 aliphatic heterocycles. The van der Waals surface area contributed by atoms with Crippen molar-refractivity contribution < 1.29 is 19.1 Å². The Bertz CT molecular complexity index is 1180. The number of nitrogens with one attached hydrogen (secondary N) is 1. The van der Waals surface area contributed by atoms with E-state index in [1.54, 1.807) is 20.3 Å². The van der Waals surface area contributed by atoms with Crippen LogP contribution in [0.15, 0.2) is 42.5 Å². The molecule has 2 heterocycles. The zero-order chi connectivity index (χ0) is 25.3. The van der Waals surface area contributed by atoms with Crippen LogP contribution in [0.4, 0.5) is 0 Å². The Morgan fingerprint density at radius 1 is 0.972 bits per heavy atom. The van der Waals surface area contributed by atoms with Gasteiger partial charge in [0.15, 0.2) is 11.5 Å². The fourth-order valence-electron chi connectivity index (χ4n) is 4.80. The molecule has 0 radical (unpaired) electrons. The Morgan fingerprint density at radius 3 is 2.47 bits per heavy atom. The number of methoxy groups -OCH3 is 2. The SMILES string of the molecule is COc1ccc(CC(=O)NCCc2nc3ccccc3n2CCC(=O)N2CCCCCC2)cc1OC. The summed E-state index contributed by atoms with van der Waals surface area (Å²) in [5.74, 6) is 2.26. The molecule has 192 valence electrons. The van der Waals surface area contributed by atoms with Crippen molar-refractivity contribution in [3.05, 3.63) is 53.9 Å². The number of benzene rings is 2. The topological polar surface area (TPSA) is 85.7 Å². The van der Waals surface area contributed by atoms with E-state index in [0.29, 0.717) is 37.4 Å². The van der Waals surface area contributed by atoms with Crippen molar-refractivity contribution in [2.75, 3.05) is 33.9 Å². The first-order valence-electron chi connectivity index (χ1n) is 12.8. The van der Waals surface area contributed by atoms with Gasteiger partial charge >= 0.3 is 0 Å². The molecule has 0 spiro atoms. The number of nitrogens with zero attached hydrogens (tertiary/aromatic N) is 3. The van der Waals surface area contributed by atoms with E-state index in [4.69, 9.17) is 14.5 Å². The lowest BCUT2D eigenvalue weighted by Crippen LogP contribution is -2.32. The molecular weight excluding hydrogens is 456 g/mol. The summed E-state index contributed by atoms with van der Waals surface area (Å²) in [5, 5.41) is 3.00. The fraction of sp³-hybridized carbons (Fsp3) is 0.464. The van der Waals surface area contributed by atoms with E-state index in [9.17, 15) is 9.59 Å². The highest BCUT2D eigenvalue weighted by Gasteiger charge is 2.17. The van der Waals surface area contributed by atoms with E-state index in [1.807, 2.05) is 41.3 Å². The first-order chi connectivity index (χ1) is 17.6. The number of amides is 2. The van der Waals surface area contributed by atoms with Gasteiger partial charge in [0.25, 0.3) is 0 Å². The van der Waals surface area contributed by atoms with Crippen molar-refractivity contribution in [3.63, 3.8) is 0 Å². The van der Waals surface area contributed by atoms with Crippen LogP contribution in [-0.4, -0.2) is 60.1 Å².